The van der Waals surface area contributed by atoms with Crippen LogP contribution in [0.1, 0.15) is 38.5 Å². The fourth-order valence-electron chi connectivity index (χ4n) is 5.19. The van der Waals surface area contributed by atoms with Crippen LogP contribution in [0.25, 0.3) is 0 Å². The first kappa shape index (κ1) is 17.7. The lowest BCUT2D eigenvalue weighted by atomic mass is 9.80. The van der Waals surface area contributed by atoms with Gasteiger partial charge in [0.25, 0.3) is 0 Å². The summed E-state index contributed by atoms with van der Waals surface area (Å²) in [6.07, 6.45) is 6.19. The predicted molar refractivity (Wildman–Crippen MR) is 95.0 cm³/mol. The van der Waals surface area contributed by atoms with Crippen molar-refractivity contribution in [3.63, 3.8) is 0 Å². The molecular weight excluding hydrogens is 340 g/mol. The molecule has 1 spiro atoms. The zero-order valence-corrected chi connectivity index (χ0v) is 15.8. The summed E-state index contributed by atoms with van der Waals surface area (Å²) < 4.78 is 30.3. The van der Waals surface area contributed by atoms with E-state index >= 15 is 0 Å². The molecule has 1 aliphatic carbocycles. The van der Waals surface area contributed by atoms with Gasteiger partial charge in [0.2, 0.25) is 5.91 Å². The van der Waals surface area contributed by atoms with Gasteiger partial charge in [-0.2, -0.15) is 0 Å². The lowest BCUT2D eigenvalue weighted by Gasteiger charge is -2.51. The van der Waals surface area contributed by atoms with Gasteiger partial charge in [0, 0.05) is 38.6 Å². The predicted octanol–water partition coefficient (Wildman–Crippen LogP) is 0.915. The number of carbonyl (C=O) groups is 1. The van der Waals surface area contributed by atoms with Gasteiger partial charge in [-0.05, 0) is 25.2 Å². The van der Waals surface area contributed by atoms with Crippen molar-refractivity contribution in [2.45, 2.75) is 43.3 Å². The van der Waals surface area contributed by atoms with Crippen LogP contribution in [-0.2, 0) is 19.4 Å². The molecule has 0 bridgehead atoms. The molecule has 1 amide bonds. The maximum Gasteiger partial charge on any atom is 0.225 e. The molecule has 0 radical (unpaired) electrons. The standard InChI is InChI=1S/C18H30N2O4S/c21-17(15-4-2-1-3-5-15)20-13-18(14-20)16(6-11-25(18,22)23)12-19-7-9-24-10-8-19/h15-16H,1-14H2. The molecule has 3 aliphatic heterocycles. The fourth-order valence-corrected chi connectivity index (χ4v) is 7.60. The van der Waals surface area contributed by atoms with E-state index in [0.717, 1.165) is 65.0 Å². The van der Waals surface area contributed by atoms with Crippen molar-refractivity contribution < 1.29 is 17.9 Å². The molecule has 3 heterocycles. The van der Waals surface area contributed by atoms with Crippen LogP contribution in [0.4, 0.5) is 0 Å². The van der Waals surface area contributed by atoms with Crippen LogP contribution in [0.5, 0.6) is 0 Å². The van der Waals surface area contributed by atoms with Crippen molar-refractivity contribution in [2.24, 2.45) is 11.8 Å². The Labute approximate surface area is 150 Å². The number of carbonyl (C=O) groups excluding carboxylic acids is 1. The number of morpholine rings is 1. The van der Waals surface area contributed by atoms with Crippen LogP contribution in [0.3, 0.4) is 0 Å². The molecule has 1 unspecified atom stereocenters. The molecule has 0 aromatic carbocycles. The normalized spacial score (nSPS) is 32.6. The molecule has 3 saturated heterocycles. The smallest absolute Gasteiger partial charge is 0.225 e. The minimum atomic E-state index is -3.10. The second-order valence-corrected chi connectivity index (χ2v) is 10.8. The molecule has 0 aromatic heterocycles. The van der Waals surface area contributed by atoms with Crippen molar-refractivity contribution in [3.05, 3.63) is 0 Å². The molecule has 0 N–H and O–H groups in total. The zero-order valence-electron chi connectivity index (χ0n) is 15.0. The maximum absolute atomic E-state index is 12.8. The van der Waals surface area contributed by atoms with Crippen molar-refractivity contribution >= 4 is 15.7 Å². The first-order valence-corrected chi connectivity index (χ1v) is 11.5. The van der Waals surface area contributed by atoms with Crippen LogP contribution in [0.15, 0.2) is 0 Å². The van der Waals surface area contributed by atoms with Gasteiger partial charge in [0.15, 0.2) is 9.84 Å². The highest BCUT2D eigenvalue weighted by atomic mass is 32.2. The summed E-state index contributed by atoms with van der Waals surface area (Å²) in [5.74, 6) is 0.782. The van der Waals surface area contributed by atoms with E-state index in [1.807, 2.05) is 4.90 Å². The Bertz CT molecular complexity index is 603. The summed E-state index contributed by atoms with van der Waals surface area (Å²) in [7, 11) is -3.10. The van der Waals surface area contributed by atoms with E-state index in [1.165, 1.54) is 6.42 Å². The second-order valence-electron chi connectivity index (χ2n) is 8.31. The Morgan fingerprint density at radius 1 is 1.04 bits per heavy atom. The van der Waals surface area contributed by atoms with E-state index in [1.54, 1.807) is 0 Å². The number of ether oxygens (including phenoxy) is 1. The minimum Gasteiger partial charge on any atom is -0.379 e. The van der Waals surface area contributed by atoms with Crippen LogP contribution >= 0.6 is 0 Å². The van der Waals surface area contributed by atoms with Gasteiger partial charge in [-0.15, -0.1) is 0 Å². The van der Waals surface area contributed by atoms with Crippen molar-refractivity contribution in [3.8, 4) is 0 Å². The molecule has 1 saturated carbocycles. The Hall–Kier alpha value is -0.660. The summed E-state index contributed by atoms with van der Waals surface area (Å²) in [4.78, 5) is 16.9. The summed E-state index contributed by atoms with van der Waals surface area (Å²) in [6.45, 7) is 4.93. The number of nitrogens with zero attached hydrogens (tertiary/aromatic N) is 2. The number of rotatable bonds is 3. The van der Waals surface area contributed by atoms with E-state index in [9.17, 15) is 13.2 Å². The average molecular weight is 371 g/mol. The van der Waals surface area contributed by atoms with Crippen LogP contribution < -0.4 is 0 Å². The highest BCUT2D eigenvalue weighted by molar-refractivity contribution is 7.93. The van der Waals surface area contributed by atoms with Gasteiger partial charge in [-0.1, -0.05) is 19.3 Å². The number of hydrogen-bond acceptors (Lipinski definition) is 5. The zero-order chi connectivity index (χ0) is 17.5. The number of sulfone groups is 1. The van der Waals surface area contributed by atoms with E-state index < -0.39 is 14.6 Å². The Morgan fingerprint density at radius 3 is 2.40 bits per heavy atom. The third-order valence-electron chi connectivity index (χ3n) is 6.86. The van der Waals surface area contributed by atoms with Gasteiger partial charge in [-0.3, -0.25) is 9.69 Å². The van der Waals surface area contributed by atoms with Crippen LogP contribution in [-0.4, -0.2) is 80.6 Å². The lowest BCUT2D eigenvalue weighted by molar-refractivity contribution is -0.143. The summed E-state index contributed by atoms with van der Waals surface area (Å²) in [5.41, 5.74) is 0. The maximum atomic E-state index is 12.8. The molecule has 4 aliphatic rings. The van der Waals surface area contributed by atoms with Crippen molar-refractivity contribution in [2.75, 3.05) is 51.7 Å². The Balaban J connectivity index is 1.42. The first-order chi connectivity index (χ1) is 12.0. The van der Waals surface area contributed by atoms with Crippen molar-refractivity contribution in [1.82, 2.24) is 9.80 Å². The monoisotopic (exact) mass is 370 g/mol. The van der Waals surface area contributed by atoms with Gasteiger partial charge >= 0.3 is 0 Å². The van der Waals surface area contributed by atoms with Gasteiger partial charge < -0.3 is 9.64 Å². The summed E-state index contributed by atoms with van der Waals surface area (Å²) >= 11 is 0. The first-order valence-electron chi connectivity index (χ1n) is 9.83. The molecule has 7 heteroatoms. The quantitative estimate of drug-likeness (QED) is 0.739. The average Bonchev–Trinajstić information content (AvgIpc) is 2.85. The molecule has 4 rings (SSSR count). The number of likely N-dealkylation sites (tertiary alicyclic amines) is 1. The third kappa shape index (κ3) is 3.12. The Morgan fingerprint density at radius 2 is 1.72 bits per heavy atom. The van der Waals surface area contributed by atoms with E-state index in [4.69, 9.17) is 4.74 Å². The molecular formula is C18H30N2O4S. The molecule has 25 heavy (non-hydrogen) atoms. The molecule has 0 aromatic rings. The number of hydrogen-bond donors (Lipinski definition) is 0. The van der Waals surface area contributed by atoms with E-state index in [0.29, 0.717) is 13.1 Å². The van der Waals surface area contributed by atoms with Crippen LogP contribution in [0, 0.1) is 11.8 Å². The number of amides is 1. The topological polar surface area (TPSA) is 66.9 Å². The second kappa shape index (κ2) is 6.82. The third-order valence-corrected chi connectivity index (χ3v) is 9.47. The molecule has 6 nitrogen and oxygen atoms in total. The summed E-state index contributed by atoms with van der Waals surface area (Å²) in [6, 6.07) is 0. The molecule has 4 fully saturated rings. The highest BCUT2D eigenvalue weighted by Crippen LogP contribution is 2.46. The van der Waals surface area contributed by atoms with Gasteiger partial charge in [-0.25, -0.2) is 8.42 Å². The SMILES string of the molecule is O=C(C1CCCCC1)N1CC2(C1)C(CN1CCOCC1)CCS2(=O)=O. The van der Waals surface area contributed by atoms with Crippen LogP contribution in [0.2, 0.25) is 0 Å². The summed E-state index contributed by atoms with van der Waals surface area (Å²) in [5, 5.41) is 0. The molecule has 1 atom stereocenters. The molecule has 142 valence electrons. The van der Waals surface area contributed by atoms with Gasteiger partial charge in [0.1, 0.15) is 4.75 Å². The van der Waals surface area contributed by atoms with Crippen molar-refractivity contribution in [1.29, 1.82) is 0 Å². The van der Waals surface area contributed by atoms with E-state index in [-0.39, 0.29) is 23.5 Å². The van der Waals surface area contributed by atoms with E-state index in [2.05, 4.69) is 4.90 Å². The largest absolute Gasteiger partial charge is 0.379 e. The highest BCUT2D eigenvalue weighted by Gasteiger charge is 2.62. The van der Waals surface area contributed by atoms with Gasteiger partial charge in [0.05, 0.1) is 19.0 Å². The lowest BCUT2D eigenvalue weighted by Crippen LogP contribution is -2.70. The fraction of sp³-hybridized carbons (Fsp3) is 0.944. The Kier molecular flexibility index (Phi) is 4.84. The minimum absolute atomic E-state index is 0.132.